The molecule has 0 saturated carbocycles. The number of anilines is 2. The molecule has 1 aromatic rings. The molecule has 0 radical (unpaired) electrons. The Hall–Kier alpha value is -2.04. The summed E-state index contributed by atoms with van der Waals surface area (Å²) in [6.07, 6.45) is 0. The van der Waals surface area contributed by atoms with Crippen LogP contribution in [-0.2, 0) is 4.79 Å². The van der Waals surface area contributed by atoms with Crippen LogP contribution in [0.25, 0.3) is 0 Å². The van der Waals surface area contributed by atoms with Crippen molar-refractivity contribution in [1.29, 1.82) is 0 Å². The third-order valence-corrected chi connectivity index (χ3v) is 1.86. The minimum atomic E-state index is -0.264. The Morgan fingerprint density at radius 2 is 1.71 bits per heavy atom. The third-order valence-electron chi connectivity index (χ3n) is 1.86. The molecular formula is C12H17N3O2. The number of hydrogen-bond donors (Lipinski definition) is 3. The summed E-state index contributed by atoms with van der Waals surface area (Å²) in [5.41, 5.74) is 1.29. The lowest BCUT2D eigenvalue weighted by Gasteiger charge is -2.11. The van der Waals surface area contributed by atoms with Crippen LogP contribution < -0.4 is 16.0 Å². The Balaban J connectivity index is 2.65. The average Bonchev–Trinajstić information content (AvgIpc) is 2.14. The Morgan fingerprint density at radius 1 is 1.12 bits per heavy atom. The Labute approximate surface area is 101 Å². The van der Waals surface area contributed by atoms with Crippen LogP contribution in [0, 0.1) is 0 Å². The fourth-order valence-corrected chi connectivity index (χ4v) is 1.31. The molecule has 5 heteroatoms. The highest BCUT2D eigenvalue weighted by Crippen LogP contribution is 2.14. The van der Waals surface area contributed by atoms with Crippen molar-refractivity contribution < 1.29 is 9.59 Å². The molecule has 0 bridgehead atoms. The van der Waals surface area contributed by atoms with Crippen molar-refractivity contribution in [3.05, 3.63) is 24.3 Å². The molecule has 0 unspecified atom stereocenters. The molecule has 0 aromatic heterocycles. The molecule has 5 nitrogen and oxygen atoms in total. The van der Waals surface area contributed by atoms with Gasteiger partial charge in [-0.25, -0.2) is 4.79 Å². The van der Waals surface area contributed by atoms with Crippen LogP contribution in [0.15, 0.2) is 24.3 Å². The number of nitrogens with one attached hydrogen (secondary N) is 3. The molecule has 0 fully saturated rings. The quantitative estimate of drug-likeness (QED) is 0.751. The van der Waals surface area contributed by atoms with Crippen LogP contribution in [0.2, 0.25) is 0 Å². The van der Waals surface area contributed by atoms with E-state index >= 15 is 0 Å². The number of amides is 3. The second kappa shape index (κ2) is 5.89. The van der Waals surface area contributed by atoms with Crippen molar-refractivity contribution in [3.8, 4) is 0 Å². The van der Waals surface area contributed by atoms with E-state index in [2.05, 4.69) is 16.0 Å². The van der Waals surface area contributed by atoms with E-state index in [1.165, 1.54) is 6.92 Å². The molecule has 0 atom stereocenters. The molecule has 0 aliphatic heterocycles. The van der Waals surface area contributed by atoms with Gasteiger partial charge in [0.05, 0.1) is 0 Å². The van der Waals surface area contributed by atoms with Crippen LogP contribution in [0.4, 0.5) is 16.2 Å². The van der Waals surface area contributed by atoms with Crippen LogP contribution in [0.1, 0.15) is 20.8 Å². The van der Waals surface area contributed by atoms with E-state index in [0.29, 0.717) is 11.4 Å². The summed E-state index contributed by atoms with van der Waals surface area (Å²) in [4.78, 5) is 22.3. The number of rotatable bonds is 3. The fraction of sp³-hybridized carbons (Fsp3) is 0.333. The largest absolute Gasteiger partial charge is 0.336 e. The zero-order valence-electron chi connectivity index (χ0n) is 10.2. The number of carbonyl (C=O) groups is 2. The standard InChI is InChI=1S/C12H17N3O2/c1-8(2)13-12(17)15-11-6-4-5-10(7-11)14-9(3)16/h4-8H,1-3H3,(H,14,16)(H2,13,15,17). The molecule has 17 heavy (non-hydrogen) atoms. The smallest absolute Gasteiger partial charge is 0.319 e. The first-order valence-corrected chi connectivity index (χ1v) is 5.42. The van der Waals surface area contributed by atoms with Crippen molar-refractivity contribution >= 4 is 23.3 Å². The minimum absolute atomic E-state index is 0.0773. The highest BCUT2D eigenvalue weighted by Gasteiger charge is 2.04. The molecule has 0 spiro atoms. The summed E-state index contributed by atoms with van der Waals surface area (Å²) in [5.74, 6) is -0.145. The molecule has 0 saturated heterocycles. The van der Waals surface area contributed by atoms with Crippen LogP contribution in [0.5, 0.6) is 0 Å². The topological polar surface area (TPSA) is 70.2 Å². The lowest BCUT2D eigenvalue weighted by Crippen LogP contribution is -2.34. The maximum absolute atomic E-state index is 11.4. The van der Waals surface area contributed by atoms with Gasteiger partial charge in [-0.2, -0.15) is 0 Å². The second-order valence-electron chi connectivity index (χ2n) is 4.02. The lowest BCUT2D eigenvalue weighted by molar-refractivity contribution is -0.114. The third kappa shape index (κ3) is 5.01. The summed E-state index contributed by atoms with van der Waals surface area (Å²) in [6.45, 7) is 5.20. The lowest BCUT2D eigenvalue weighted by atomic mass is 10.2. The summed E-state index contributed by atoms with van der Waals surface area (Å²) in [7, 11) is 0. The Bertz CT molecular complexity index is 416. The molecule has 0 aliphatic rings. The van der Waals surface area contributed by atoms with Gasteiger partial charge >= 0.3 is 6.03 Å². The molecule has 0 heterocycles. The first kappa shape index (κ1) is 13.0. The summed E-state index contributed by atoms with van der Waals surface area (Å²) >= 11 is 0. The summed E-state index contributed by atoms with van der Waals surface area (Å²) < 4.78 is 0. The fourth-order valence-electron chi connectivity index (χ4n) is 1.31. The van der Waals surface area contributed by atoms with Gasteiger partial charge in [0.15, 0.2) is 0 Å². The van der Waals surface area contributed by atoms with Gasteiger partial charge in [0.2, 0.25) is 5.91 Å². The van der Waals surface area contributed by atoms with E-state index in [1.54, 1.807) is 24.3 Å². The Kier molecular flexibility index (Phi) is 4.51. The van der Waals surface area contributed by atoms with E-state index in [4.69, 9.17) is 0 Å². The summed E-state index contributed by atoms with van der Waals surface area (Å²) in [5, 5.41) is 8.05. The van der Waals surface area contributed by atoms with E-state index in [0.717, 1.165) is 0 Å². The normalized spacial score (nSPS) is 9.88. The minimum Gasteiger partial charge on any atom is -0.336 e. The zero-order valence-corrected chi connectivity index (χ0v) is 10.2. The van der Waals surface area contributed by atoms with Gasteiger partial charge in [0, 0.05) is 24.3 Å². The van der Waals surface area contributed by atoms with Gasteiger partial charge in [0.1, 0.15) is 0 Å². The highest BCUT2D eigenvalue weighted by atomic mass is 16.2. The predicted molar refractivity (Wildman–Crippen MR) is 68.0 cm³/mol. The van der Waals surface area contributed by atoms with Gasteiger partial charge in [0.25, 0.3) is 0 Å². The van der Waals surface area contributed by atoms with E-state index in [1.807, 2.05) is 13.8 Å². The SMILES string of the molecule is CC(=O)Nc1cccc(NC(=O)NC(C)C)c1. The maximum Gasteiger partial charge on any atom is 0.319 e. The monoisotopic (exact) mass is 235 g/mol. The van der Waals surface area contributed by atoms with E-state index in [-0.39, 0.29) is 18.0 Å². The molecule has 1 aromatic carbocycles. The highest BCUT2D eigenvalue weighted by molar-refractivity contribution is 5.92. The number of carbonyl (C=O) groups excluding carboxylic acids is 2. The van der Waals surface area contributed by atoms with Crippen molar-refractivity contribution in [3.63, 3.8) is 0 Å². The number of urea groups is 1. The molecule has 1 rings (SSSR count). The second-order valence-corrected chi connectivity index (χ2v) is 4.02. The first-order chi connectivity index (χ1) is 7.97. The van der Waals surface area contributed by atoms with Crippen molar-refractivity contribution in [2.24, 2.45) is 0 Å². The van der Waals surface area contributed by atoms with Crippen LogP contribution in [-0.4, -0.2) is 18.0 Å². The number of benzene rings is 1. The summed E-state index contributed by atoms with van der Waals surface area (Å²) in [6, 6.07) is 6.78. The van der Waals surface area contributed by atoms with Gasteiger partial charge in [-0.3, -0.25) is 4.79 Å². The van der Waals surface area contributed by atoms with Crippen LogP contribution in [0.3, 0.4) is 0 Å². The predicted octanol–water partition coefficient (Wildman–Crippen LogP) is 2.17. The van der Waals surface area contributed by atoms with Gasteiger partial charge in [-0.05, 0) is 32.0 Å². The van der Waals surface area contributed by atoms with Crippen LogP contribution >= 0.6 is 0 Å². The van der Waals surface area contributed by atoms with Crippen molar-refractivity contribution in [1.82, 2.24) is 5.32 Å². The molecule has 3 amide bonds. The van der Waals surface area contributed by atoms with E-state index in [9.17, 15) is 9.59 Å². The first-order valence-electron chi connectivity index (χ1n) is 5.42. The number of hydrogen-bond acceptors (Lipinski definition) is 2. The molecule has 0 aliphatic carbocycles. The molecule has 92 valence electrons. The van der Waals surface area contributed by atoms with E-state index < -0.39 is 0 Å². The maximum atomic E-state index is 11.4. The van der Waals surface area contributed by atoms with Crippen molar-refractivity contribution in [2.45, 2.75) is 26.8 Å². The molecule has 3 N–H and O–H groups in total. The zero-order chi connectivity index (χ0) is 12.8. The van der Waals surface area contributed by atoms with Gasteiger partial charge < -0.3 is 16.0 Å². The molecular weight excluding hydrogens is 218 g/mol. The van der Waals surface area contributed by atoms with Gasteiger partial charge in [-0.15, -0.1) is 0 Å². The Morgan fingerprint density at radius 3 is 2.24 bits per heavy atom. The van der Waals surface area contributed by atoms with Crippen molar-refractivity contribution in [2.75, 3.05) is 10.6 Å². The average molecular weight is 235 g/mol. The van der Waals surface area contributed by atoms with Gasteiger partial charge in [-0.1, -0.05) is 6.07 Å².